The van der Waals surface area contributed by atoms with Gasteiger partial charge in [0.1, 0.15) is 0 Å². The van der Waals surface area contributed by atoms with Crippen LogP contribution < -0.4 is 5.32 Å². The minimum atomic E-state index is -0.839. The van der Waals surface area contributed by atoms with Gasteiger partial charge in [-0.15, -0.1) is 0 Å². The third-order valence-electron chi connectivity index (χ3n) is 18.1. The molecule has 488 valence electrons. The molecule has 0 aliphatic rings. The Bertz CT molecular complexity index is 1240. The number of hydrogen-bond donors (Lipinski definition) is 3. The van der Waals surface area contributed by atoms with Crippen LogP contribution in [0, 0.1) is 0 Å². The molecule has 82 heavy (non-hydrogen) atoms. The molecule has 0 aliphatic carbocycles. The van der Waals surface area contributed by atoms with Crippen LogP contribution in [0.25, 0.3) is 0 Å². The molecule has 0 aromatic carbocycles. The normalized spacial score (nSPS) is 12.5. The molecule has 6 heteroatoms. The number of carbonyl (C=O) groups is 2. The maximum Gasteiger partial charge on any atom is 0.305 e. The van der Waals surface area contributed by atoms with Crippen LogP contribution in [0.4, 0.5) is 0 Å². The summed E-state index contributed by atoms with van der Waals surface area (Å²) in [5.41, 5.74) is 0. The molecular weight excluding hydrogens is 1010 g/mol. The number of carbonyl (C=O) groups excluding carboxylic acids is 2. The molecule has 0 spiro atoms. The fraction of sp³-hybridized carbons (Fsp3) is 0.947. The van der Waals surface area contributed by atoms with Crippen LogP contribution in [0.3, 0.4) is 0 Å². The summed E-state index contributed by atoms with van der Waals surface area (Å²) in [6.07, 6.45) is 90.5. The first kappa shape index (κ1) is 80.6. The van der Waals surface area contributed by atoms with Gasteiger partial charge >= 0.3 is 5.97 Å². The molecular formula is C76H149NO5. The van der Waals surface area contributed by atoms with Gasteiger partial charge in [0.25, 0.3) is 0 Å². The van der Waals surface area contributed by atoms with E-state index in [-0.39, 0.29) is 18.5 Å². The van der Waals surface area contributed by atoms with Crippen molar-refractivity contribution in [1.82, 2.24) is 5.32 Å². The van der Waals surface area contributed by atoms with E-state index in [1.54, 1.807) is 6.08 Å². The molecule has 6 nitrogen and oxygen atoms in total. The lowest BCUT2D eigenvalue weighted by Gasteiger charge is -2.20. The van der Waals surface area contributed by atoms with Gasteiger partial charge in [-0.1, -0.05) is 405 Å². The summed E-state index contributed by atoms with van der Waals surface area (Å²) in [5.74, 6) is -0.0330. The van der Waals surface area contributed by atoms with Gasteiger partial charge in [-0.05, 0) is 32.1 Å². The molecule has 0 aromatic heterocycles. The van der Waals surface area contributed by atoms with Gasteiger partial charge in [0, 0.05) is 12.8 Å². The number of unbranched alkanes of at least 4 members (excludes halogenated alkanes) is 61. The lowest BCUT2D eigenvalue weighted by molar-refractivity contribution is -0.143. The highest BCUT2D eigenvalue weighted by molar-refractivity contribution is 5.76. The number of esters is 1. The molecule has 0 aliphatic heterocycles. The summed E-state index contributed by atoms with van der Waals surface area (Å²) in [6, 6.07) is -0.622. The maximum atomic E-state index is 12.5. The topological polar surface area (TPSA) is 95.9 Å². The first-order valence-corrected chi connectivity index (χ1v) is 38.0. The predicted octanol–water partition coefficient (Wildman–Crippen LogP) is 24.7. The van der Waals surface area contributed by atoms with Gasteiger partial charge in [0.2, 0.25) is 5.91 Å². The summed E-state index contributed by atoms with van der Waals surface area (Å²) in [5, 5.41) is 23.2. The molecule has 0 heterocycles. The molecule has 3 N–H and O–H groups in total. The summed E-state index contributed by atoms with van der Waals surface area (Å²) in [6.45, 7) is 4.95. The monoisotopic (exact) mass is 1160 g/mol. The number of rotatable bonds is 72. The van der Waals surface area contributed by atoms with Gasteiger partial charge in [-0.25, -0.2) is 0 Å². The second kappa shape index (κ2) is 72.1. The van der Waals surface area contributed by atoms with Gasteiger partial charge in [0.05, 0.1) is 25.4 Å². The SMILES string of the molecule is CCCCCCCCCCCCCC/C=C/C(O)C(CO)NC(=O)CCCCCCCCCCCCCCCCCCCCCCCCCCCCCCCCCCCCCOC(=O)CCCCCCCCCCCCCCCCCC. The zero-order valence-electron chi connectivity index (χ0n) is 56.0. The smallest absolute Gasteiger partial charge is 0.305 e. The lowest BCUT2D eigenvalue weighted by Crippen LogP contribution is -2.45. The average Bonchev–Trinajstić information content (AvgIpc) is 3.48. The highest BCUT2D eigenvalue weighted by Crippen LogP contribution is 2.20. The minimum Gasteiger partial charge on any atom is -0.466 e. The molecule has 1 amide bonds. The van der Waals surface area contributed by atoms with Crippen molar-refractivity contribution < 1.29 is 24.5 Å². The van der Waals surface area contributed by atoms with Crippen LogP contribution in [0.1, 0.15) is 438 Å². The van der Waals surface area contributed by atoms with Gasteiger partial charge < -0.3 is 20.3 Å². The standard InChI is InChI=1S/C76H149NO5/c1-3-5-7-9-11-13-15-17-19-42-46-50-54-58-62-66-70-76(81)82-71-67-63-59-55-51-47-43-40-38-36-34-32-30-28-26-24-22-20-21-23-25-27-29-31-33-35-37-39-41-45-49-53-57-61-65-69-75(80)77-73(72-78)74(79)68-64-60-56-52-48-44-18-16-14-12-10-8-6-4-2/h64,68,73-74,78-79H,3-63,65-67,69-72H2,1-2H3,(H,77,80)/b68-64+. The Morgan fingerprint density at radius 3 is 0.829 bits per heavy atom. The van der Waals surface area contributed by atoms with E-state index < -0.39 is 12.1 Å². The minimum absolute atomic E-state index is 0.0269. The third kappa shape index (κ3) is 67.7. The van der Waals surface area contributed by atoms with E-state index in [1.807, 2.05) is 6.08 Å². The molecule has 0 aromatic rings. The van der Waals surface area contributed by atoms with E-state index in [4.69, 9.17) is 4.74 Å². The van der Waals surface area contributed by atoms with Crippen LogP contribution in [-0.2, 0) is 14.3 Å². The molecule has 2 atom stereocenters. The van der Waals surface area contributed by atoms with E-state index in [0.29, 0.717) is 19.4 Å². The number of hydrogen-bond acceptors (Lipinski definition) is 5. The van der Waals surface area contributed by atoms with E-state index in [9.17, 15) is 19.8 Å². The Balaban J connectivity index is 3.29. The largest absolute Gasteiger partial charge is 0.466 e. The molecule has 0 radical (unpaired) electrons. The Morgan fingerprint density at radius 2 is 0.561 bits per heavy atom. The van der Waals surface area contributed by atoms with E-state index in [2.05, 4.69) is 19.2 Å². The van der Waals surface area contributed by atoms with Crippen molar-refractivity contribution in [2.45, 2.75) is 450 Å². The summed E-state index contributed by atoms with van der Waals surface area (Å²) in [4.78, 5) is 24.6. The van der Waals surface area contributed by atoms with Crippen LogP contribution in [0.15, 0.2) is 12.2 Å². The quantitative estimate of drug-likeness (QED) is 0.0320. The Labute approximate surface area is 514 Å². The summed E-state index contributed by atoms with van der Waals surface area (Å²) in [7, 11) is 0. The van der Waals surface area contributed by atoms with Crippen molar-refractivity contribution in [3.63, 3.8) is 0 Å². The third-order valence-corrected chi connectivity index (χ3v) is 18.1. The molecule has 0 bridgehead atoms. The molecule has 0 rings (SSSR count). The average molecular weight is 1160 g/mol. The van der Waals surface area contributed by atoms with Crippen molar-refractivity contribution in [2.24, 2.45) is 0 Å². The van der Waals surface area contributed by atoms with Crippen molar-refractivity contribution in [3.8, 4) is 0 Å². The molecule has 0 saturated heterocycles. The van der Waals surface area contributed by atoms with Crippen LogP contribution in [0.5, 0.6) is 0 Å². The number of ether oxygens (including phenoxy) is 1. The fourth-order valence-corrected chi connectivity index (χ4v) is 12.3. The number of nitrogens with one attached hydrogen (secondary N) is 1. The first-order valence-electron chi connectivity index (χ1n) is 38.0. The van der Waals surface area contributed by atoms with E-state index in [1.165, 1.54) is 372 Å². The number of aliphatic hydroxyl groups excluding tert-OH is 2. The molecule has 2 unspecified atom stereocenters. The zero-order valence-corrected chi connectivity index (χ0v) is 56.0. The van der Waals surface area contributed by atoms with Crippen molar-refractivity contribution in [3.05, 3.63) is 12.2 Å². The maximum absolute atomic E-state index is 12.5. The number of amides is 1. The fourth-order valence-electron chi connectivity index (χ4n) is 12.3. The van der Waals surface area contributed by atoms with Crippen LogP contribution in [0.2, 0.25) is 0 Å². The highest BCUT2D eigenvalue weighted by atomic mass is 16.5. The predicted molar refractivity (Wildman–Crippen MR) is 361 cm³/mol. The van der Waals surface area contributed by atoms with Gasteiger partial charge in [-0.2, -0.15) is 0 Å². The lowest BCUT2D eigenvalue weighted by atomic mass is 10.0. The Kier molecular flexibility index (Phi) is 70.8. The number of aliphatic hydroxyl groups is 2. The zero-order chi connectivity index (χ0) is 59.2. The van der Waals surface area contributed by atoms with Crippen molar-refractivity contribution >= 4 is 11.9 Å². The first-order chi connectivity index (χ1) is 40.5. The van der Waals surface area contributed by atoms with E-state index >= 15 is 0 Å². The summed E-state index contributed by atoms with van der Waals surface area (Å²) >= 11 is 0. The van der Waals surface area contributed by atoms with Crippen LogP contribution >= 0.6 is 0 Å². The summed E-state index contributed by atoms with van der Waals surface area (Å²) < 4.78 is 5.51. The Hall–Kier alpha value is -1.40. The van der Waals surface area contributed by atoms with E-state index in [0.717, 1.165) is 38.5 Å². The molecule has 0 saturated carbocycles. The second-order valence-electron chi connectivity index (χ2n) is 26.4. The second-order valence-corrected chi connectivity index (χ2v) is 26.4. The van der Waals surface area contributed by atoms with Crippen LogP contribution in [-0.4, -0.2) is 47.4 Å². The highest BCUT2D eigenvalue weighted by Gasteiger charge is 2.18. The Morgan fingerprint density at radius 1 is 0.329 bits per heavy atom. The molecule has 0 fully saturated rings. The van der Waals surface area contributed by atoms with Crippen molar-refractivity contribution in [2.75, 3.05) is 13.2 Å². The van der Waals surface area contributed by atoms with Crippen molar-refractivity contribution in [1.29, 1.82) is 0 Å². The van der Waals surface area contributed by atoms with Gasteiger partial charge in [-0.3, -0.25) is 9.59 Å². The van der Waals surface area contributed by atoms with Gasteiger partial charge in [0.15, 0.2) is 0 Å². The number of allylic oxidation sites excluding steroid dienone is 1.